The van der Waals surface area contributed by atoms with Crippen molar-refractivity contribution in [3.8, 4) is 0 Å². The topological polar surface area (TPSA) is 34.4 Å². The summed E-state index contributed by atoms with van der Waals surface area (Å²) in [5.74, 6) is 0. The maximum atomic E-state index is 12.1. The van der Waals surface area contributed by atoms with Crippen molar-refractivity contribution in [3.63, 3.8) is 0 Å². The molecule has 0 atom stereocenters. The minimum atomic E-state index is -0.0711. The molecule has 0 bridgehead atoms. The van der Waals surface area contributed by atoms with E-state index in [9.17, 15) is 4.79 Å². The molecule has 1 aromatic carbocycles. The van der Waals surface area contributed by atoms with Crippen LogP contribution in [0.2, 0.25) is 0 Å². The highest BCUT2D eigenvalue weighted by molar-refractivity contribution is 9.10. The van der Waals surface area contributed by atoms with Crippen LogP contribution in [0.4, 0.5) is 0 Å². The minimum absolute atomic E-state index is 0.0711. The molecule has 0 spiro atoms. The number of halogens is 1. The maximum Gasteiger partial charge on any atom is 0.272 e. The Morgan fingerprint density at radius 1 is 1.24 bits per heavy atom. The predicted molar refractivity (Wildman–Crippen MR) is 71.4 cm³/mol. The Morgan fingerprint density at radius 2 is 2.00 bits per heavy atom. The summed E-state index contributed by atoms with van der Waals surface area (Å²) in [5.41, 5.74) is 1.35. The third-order valence-electron chi connectivity index (χ3n) is 2.83. The van der Waals surface area contributed by atoms with E-state index in [4.69, 9.17) is 0 Å². The van der Waals surface area contributed by atoms with Gasteiger partial charge in [-0.1, -0.05) is 24.3 Å². The largest absolute Gasteiger partial charge is 0.272 e. The van der Waals surface area contributed by atoms with Gasteiger partial charge in [-0.2, -0.15) is 0 Å². The quantitative estimate of drug-likeness (QED) is 0.596. The van der Waals surface area contributed by atoms with Crippen LogP contribution in [-0.4, -0.2) is 9.38 Å². The molecule has 0 aliphatic heterocycles. The molecule has 17 heavy (non-hydrogen) atoms. The Hall–Kier alpha value is -1.68. The Kier molecular flexibility index (Phi) is 2.26. The van der Waals surface area contributed by atoms with Crippen molar-refractivity contribution < 1.29 is 0 Å². The van der Waals surface area contributed by atoms with Crippen LogP contribution < -0.4 is 5.56 Å². The SMILES string of the molecule is Cc1nc2c3ccccc3ccn2c(=O)c1Br. The van der Waals surface area contributed by atoms with E-state index >= 15 is 0 Å². The molecule has 0 aliphatic rings. The van der Waals surface area contributed by atoms with Crippen LogP contribution in [0.3, 0.4) is 0 Å². The molecule has 0 aliphatic carbocycles. The van der Waals surface area contributed by atoms with Gasteiger partial charge in [-0.3, -0.25) is 9.20 Å². The lowest BCUT2D eigenvalue weighted by atomic mass is 10.1. The number of fused-ring (bicyclic) bond motifs is 3. The molecule has 3 aromatic rings. The zero-order valence-electron chi connectivity index (χ0n) is 9.14. The number of hydrogen-bond donors (Lipinski definition) is 0. The van der Waals surface area contributed by atoms with Gasteiger partial charge in [0.05, 0.1) is 5.69 Å². The molecule has 0 unspecified atom stereocenters. The van der Waals surface area contributed by atoms with Crippen LogP contribution in [0, 0.1) is 6.92 Å². The first-order chi connectivity index (χ1) is 8.18. The second kappa shape index (κ2) is 3.67. The third kappa shape index (κ3) is 1.48. The summed E-state index contributed by atoms with van der Waals surface area (Å²) in [7, 11) is 0. The van der Waals surface area contributed by atoms with E-state index in [1.807, 2.05) is 37.3 Å². The van der Waals surface area contributed by atoms with E-state index in [1.165, 1.54) is 0 Å². The van der Waals surface area contributed by atoms with Crippen molar-refractivity contribution >= 4 is 32.3 Å². The summed E-state index contributed by atoms with van der Waals surface area (Å²) in [6.07, 6.45) is 1.76. The van der Waals surface area contributed by atoms with E-state index in [-0.39, 0.29) is 5.56 Å². The zero-order valence-corrected chi connectivity index (χ0v) is 10.7. The lowest BCUT2D eigenvalue weighted by Crippen LogP contribution is -2.17. The minimum Gasteiger partial charge on any atom is -0.268 e. The molecule has 0 fully saturated rings. The lowest BCUT2D eigenvalue weighted by molar-refractivity contribution is 1.01. The second-order valence-electron chi connectivity index (χ2n) is 3.91. The van der Waals surface area contributed by atoms with Gasteiger partial charge in [-0.25, -0.2) is 4.98 Å². The van der Waals surface area contributed by atoms with Crippen molar-refractivity contribution in [1.29, 1.82) is 0 Å². The van der Waals surface area contributed by atoms with Crippen LogP contribution >= 0.6 is 15.9 Å². The summed E-state index contributed by atoms with van der Waals surface area (Å²) in [6, 6.07) is 9.84. The predicted octanol–water partition coefficient (Wildman–Crippen LogP) is 2.92. The molecule has 0 saturated carbocycles. The third-order valence-corrected chi connectivity index (χ3v) is 3.74. The molecule has 0 amide bonds. The van der Waals surface area contributed by atoms with E-state index in [0.717, 1.165) is 10.8 Å². The van der Waals surface area contributed by atoms with Gasteiger partial charge in [0.15, 0.2) is 0 Å². The molecular formula is C13H9BrN2O. The Balaban J connectivity index is 2.64. The normalized spacial score (nSPS) is 11.2. The average molecular weight is 289 g/mol. The van der Waals surface area contributed by atoms with E-state index in [0.29, 0.717) is 15.8 Å². The highest BCUT2D eigenvalue weighted by Crippen LogP contribution is 2.19. The van der Waals surface area contributed by atoms with Crippen LogP contribution in [-0.2, 0) is 0 Å². The molecule has 2 aromatic heterocycles. The van der Waals surface area contributed by atoms with Gasteiger partial charge in [0.25, 0.3) is 5.56 Å². The molecule has 0 radical (unpaired) electrons. The van der Waals surface area contributed by atoms with Crippen molar-refractivity contribution in [2.24, 2.45) is 0 Å². The van der Waals surface area contributed by atoms with E-state index in [2.05, 4.69) is 20.9 Å². The number of aromatic nitrogens is 2. The molecule has 84 valence electrons. The van der Waals surface area contributed by atoms with Gasteiger partial charge in [0.1, 0.15) is 10.1 Å². The van der Waals surface area contributed by atoms with Crippen molar-refractivity contribution in [3.05, 3.63) is 57.0 Å². The van der Waals surface area contributed by atoms with Gasteiger partial charge in [0.2, 0.25) is 0 Å². The first kappa shape index (κ1) is 10.5. The smallest absolute Gasteiger partial charge is 0.268 e. The van der Waals surface area contributed by atoms with Crippen LogP contribution in [0.5, 0.6) is 0 Å². The summed E-state index contributed by atoms with van der Waals surface area (Å²) in [6.45, 7) is 1.83. The van der Waals surface area contributed by atoms with Crippen LogP contribution in [0.1, 0.15) is 5.69 Å². The summed E-state index contributed by atoms with van der Waals surface area (Å²) >= 11 is 3.27. The van der Waals surface area contributed by atoms with Gasteiger partial charge in [0, 0.05) is 11.6 Å². The number of pyridine rings is 1. The number of aryl methyl sites for hydroxylation is 1. The van der Waals surface area contributed by atoms with Crippen molar-refractivity contribution in [2.75, 3.05) is 0 Å². The highest BCUT2D eigenvalue weighted by atomic mass is 79.9. The number of nitrogens with zero attached hydrogens (tertiary/aromatic N) is 2. The Morgan fingerprint density at radius 3 is 2.82 bits per heavy atom. The zero-order chi connectivity index (χ0) is 12.0. The standard InChI is InChI=1S/C13H9BrN2O/c1-8-11(14)13(17)16-7-6-9-4-2-3-5-10(9)12(16)15-8/h2-7H,1H3. The second-order valence-corrected chi connectivity index (χ2v) is 4.71. The molecule has 3 nitrogen and oxygen atoms in total. The van der Waals surface area contributed by atoms with Crippen LogP contribution in [0.15, 0.2) is 45.8 Å². The van der Waals surface area contributed by atoms with E-state index in [1.54, 1.807) is 10.6 Å². The van der Waals surface area contributed by atoms with Crippen LogP contribution in [0.25, 0.3) is 16.4 Å². The fourth-order valence-electron chi connectivity index (χ4n) is 1.95. The number of hydrogen-bond acceptors (Lipinski definition) is 2. The summed E-state index contributed by atoms with van der Waals surface area (Å²) in [5, 5.41) is 2.07. The number of benzene rings is 1. The number of rotatable bonds is 0. The molecule has 2 heterocycles. The van der Waals surface area contributed by atoms with Gasteiger partial charge in [-0.05, 0) is 34.3 Å². The monoisotopic (exact) mass is 288 g/mol. The van der Waals surface area contributed by atoms with E-state index < -0.39 is 0 Å². The average Bonchev–Trinajstić information content (AvgIpc) is 2.36. The van der Waals surface area contributed by atoms with Crippen molar-refractivity contribution in [1.82, 2.24) is 9.38 Å². The van der Waals surface area contributed by atoms with Crippen molar-refractivity contribution in [2.45, 2.75) is 6.92 Å². The van der Waals surface area contributed by atoms with Gasteiger partial charge in [-0.15, -0.1) is 0 Å². The molecule has 4 heteroatoms. The van der Waals surface area contributed by atoms with Gasteiger partial charge >= 0.3 is 0 Å². The fourth-order valence-corrected chi connectivity index (χ4v) is 2.23. The molecular weight excluding hydrogens is 280 g/mol. The summed E-state index contributed by atoms with van der Waals surface area (Å²) < 4.78 is 2.09. The Labute approximate surface area is 106 Å². The van der Waals surface area contributed by atoms with Gasteiger partial charge < -0.3 is 0 Å². The maximum absolute atomic E-state index is 12.1. The first-order valence-corrected chi connectivity index (χ1v) is 6.04. The lowest BCUT2D eigenvalue weighted by Gasteiger charge is -2.06. The highest BCUT2D eigenvalue weighted by Gasteiger charge is 2.08. The first-order valence-electron chi connectivity index (χ1n) is 5.25. The molecule has 0 N–H and O–H groups in total. The fraction of sp³-hybridized carbons (Fsp3) is 0.0769. The molecule has 0 saturated heterocycles. The Bertz CT molecular complexity index is 792. The molecule has 3 rings (SSSR count). The summed E-state index contributed by atoms with van der Waals surface area (Å²) in [4.78, 5) is 16.5.